The van der Waals surface area contributed by atoms with Crippen molar-refractivity contribution in [2.24, 2.45) is 0 Å². The SMILES string of the molecule is CCCCCCCCCC[C@@]1(O)OC[C@@H](O)[C@H](O)[C@H]1O. The van der Waals surface area contributed by atoms with E-state index >= 15 is 0 Å². The quantitative estimate of drug-likeness (QED) is 0.481. The largest absolute Gasteiger partial charge is 0.388 e. The van der Waals surface area contributed by atoms with Gasteiger partial charge in [-0.25, -0.2) is 0 Å². The Labute approximate surface area is 121 Å². The summed E-state index contributed by atoms with van der Waals surface area (Å²) >= 11 is 0. The van der Waals surface area contributed by atoms with E-state index in [-0.39, 0.29) is 13.0 Å². The summed E-state index contributed by atoms with van der Waals surface area (Å²) < 4.78 is 5.12. The fraction of sp³-hybridized carbons (Fsp3) is 1.00. The van der Waals surface area contributed by atoms with E-state index in [4.69, 9.17) is 4.74 Å². The average molecular weight is 290 g/mol. The van der Waals surface area contributed by atoms with Crippen molar-refractivity contribution >= 4 is 0 Å². The smallest absolute Gasteiger partial charge is 0.194 e. The summed E-state index contributed by atoms with van der Waals surface area (Å²) in [5.41, 5.74) is 0. The number of hydrogen-bond donors (Lipinski definition) is 4. The summed E-state index contributed by atoms with van der Waals surface area (Å²) in [6.07, 6.45) is 5.46. The van der Waals surface area contributed by atoms with Gasteiger partial charge in [-0.2, -0.15) is 0 Å². The number of unbranched alkanes of at least 4 members (excludes halogenated alkanes) is 7. The minimum absolute atomic E-state index is 0.147. The Balaban J connectivity index is 2.14. The van der Waals surface area contributed by atoms with Crippen LogP contribution in [0.5, 0.6) is 0 Å². The van der Waals surface area contributed by atoms with E-state index in [1.807, 2.05) is 0 Å². The van der Waals surface area contributed by atoms with Gasteiger partial charge in [0, 0.05) is 6.42 Å². The zero-order valence-corrected chi connectivity index (χ0v) is 12.5. The molecular weight excluding hydrogens is 260 g/mol. The van der Waals surface area contributed by atoms with Gasteiger partial charge in [-0.3, -0.25) is 0 Å². The highest BCUT2D eigenvalue weighted by Crippen LogP contribution is 2.29. The van der Waals surface area contributed by atoms with Crippen LogP contribution in [0.1, 0.15) is 64.7 Å². The molecule has 1 aliphatic rings. The first-order chi connectivity index (χ1) is 9.51. The lowest BCUT2D eigenvalue weighted by molar-refractivity contribution is -0.323. The van der Waals surface area contributed by atoms with Crippen LogP contribution in [0.3, 0.4) is 0 Å². The Hall–Kier alpha value is -0.200. The number of aliphatic hydroxyl groups is 4. The molecule has 0 amide bonds. The Morgan fingerprint density at radius 3 is 2.10 bits per heavy atom. The van der Waals surface area contributed by atoms with Gasteiger partial charge in [0.15, 0.2) is 5.79 Å². The molecule has 1 saturated heterocycles. The normalized spacial score (nSPS) is 34.4. The predicted octanol–water partition coefficient (Wildman–Crippen LogP) is 1.32. The molecule has 1 heterocycles. The van der Waals surface area contributed by atoms with Crippen molar-refractivity contribution in [3.8, 4) is 0 Å². The molecule has 4 atom stereocenters. The van der Waals surface area contributed by atoms with Gasteiger partial charge < -0.3 is 25.2 Å². The molecule has 120 valence electrons. The molecule has 1 fully saturated rings. The lowest BCUT2D eigenvalue weighted by Gasteiger charge is -2.41. The first-order valence-corrected chi connectivity index (χ1v) is 7.92. The highest BCUT2D eigenvalue weighted by atomic mass is 16.6. The Morgan fingerprint density at radius 1 is 0.950 bits per heavy atom. The molecule has 0 aromatic heterocycles. The molecular formula is C15H30O5. The van der Waals surface area contributed by atoms with E-state index in [2.05, 4.69) is 6.92 Å². The van der Waals surface area contributed by atoms with Gasteiger partial charge >= 0.3 is 0 Å². The molecule has 0 aliphatic carbocycles. The van der Waals surface area contributed by atoms with Crippen LogP contribution < -0.4 is 0 Å². The van der Waals surface area contributed by atoms with Gasteiger partial charge in [-0.1, -0.05) is 51.9 Å². The Morgan fingerprint density at radius 2 is 1.50 bits per heavy atom. The maximum absolute atomic E-state index is 10.2. The van der Waals surface area contributed by atoms with Crippen LogP contribution in [0, 0.1) is 0 Å². The van der Waals surface area contributed by atoms with Gasteiger partial charge in [0.1, 0.15) is 18.3 Å². The fourth-order valence-corrected chi connectivity index (χ4v) is 2.62. The van der Waals surface area contributed by atoms with E-state index in [1.54, 1.807) is 0 Å². The number of rotatable bonds is 9. The number of hydrogen-bond acceptors (Lipinski definition) is 5. The van der Waals surface area contributed by atoms with Crippen molar-refractivity contribution < 1.29 is 25.2 Å². The molecule has 5 heteroatoms. The van der Waals surface area contributed by atoms with E-state index in [0.717, 1.165) is 19.3 Å². The zero-order valence-electron chi connectivity index (χ0n) is 12.5. The predicted molar refractivity (Wildman–Crippen MR) is 76.1 cm³/mol. The van der Waals surface area contributed by atoms with Crippen molar-refractivity contribution in [1.29, 1.82) is 0 Å². The molecule has 0 bridgehead atoms. The standard InChI is InChI=1S/C15H30O5/c1-2-3-4-5-6-7-8-9-10-15(19)14(18)13(17)12(16)11-20-15/h12-14,16-19H,2-11H2,1H3/t12-,13+,14-,15-/m1/s1. The van der Waals surface area contributed by atoms with E-state index < -0.39 is 24.1 Å². The summed E-state index contributed by atoms with van der Waals surface area (Å²) in [6.45, 7) is 2.05. The molecule has 0 radical (unpaired) electrons. The Kier molecular flexibility index (Phi) is 7.99. The summed E-state index contributed by atoms with van der Waals surface area (Å²) in [7, 11) is 0. The zero-order chi connectivity index (χ0) is 15.0. The third-order valence-electron chi connectivity index (χ3n) is 4.07. The lowest BCUT2D eigenvalue weighted by atomic mass is 9.92. The van der Waals surface area contributed by atoms with E-state index in [0.29, 0.717) is 0 Å². The molecule has 4 N–H and O–H groups in total. The van der Waals surface area contributed by atoms with Gasteiger partial charge in [-0.05, 0) is 6.42 Å². The third kappa shape index (κ3) is 5.30. The minimum atomic E-state index is -1.72. The maximum atomic E-state index is 10.2. The number of ether oxygens (including phenoxy) is 1. The average Bonchev–Trinajstić information content (AvgIpc) is 2.44. The van der Waals surface area contributed by atoms with Crippen LogP contribution in [0.2, 0.25) is 0 Å². The third-order valence-corrected chi connectivity index (χ3v) is 4.07. The van der Waals surface area contributed by atoms with Crippen molar-refractivity contribution in [2.45, 2.75) is 88.8 Å². The maximum Gasteiger partial charge on any atom is 0.194 e. The number of aliphatic hydroxyl groups excluding tert-OH is 3. The van der Waals surface area contributed by atoms with E-state index in [1.165, 1.54) is 32.1 Å². The molecule has 0 spiro atoms. The molecule has 0 aromatic rings. The summed E-state index contributed by atoms with van der Waals surface area (Å²) in [5, 5.41) is 38.9. The minimum Gasteiger partial charge on any atom is -0.388 e. The topological polar surface area (TPSA) is 90.2 Å². The molecule has 0 unspecified atom stereocenters. The first-order valence-electron chi connectivity index (χ1n) is 7.92. The van der Waals surface area contributed by atoms with Crippen LogP contribution in [-0.2, 0) is 4.74 Å². The molecule has 0 aromatic carbocycles. The summed E-state index contributed by atoms with van der Waals surface area (Å²) in [4.78, 5) is 0. The Bertz CT molecular complexity index is 261. The second kappa shape index (κ2) is 8.95. The molecule has 20 heavy (non-hydrogen) atoms. The van der Waals surface area contributed by atoms with Crippen molar-refractivity contribution in [3.05, 3.63) is 0 Å². The molecule has 5 nitrogen and oxygen atoms in total. The van der Waals surface area contributed by atoms with Crippen molar-refractivity contribution in [3.63, 3.8) is 0 Å². The molecule has 1 rings (SSSR count). The summed E-state index contributed by atoms with van der Waals surface area (Å²) in [5.74, 6) is -1.72. The summed E-state index contributed by atoms with van der Waals surface area (Å²) in [6, 6.07) is 0. The highest BCUT2D eigenvalue weighted by Gasteiger charge is 2.47. The van der Waals surface area contributed by atoms with Gasteiger partial charge in [0.05, 0.1) is 6.61 Å². The van der Waals surface area contributed by atoms with Crippen molar-refractivity contribution in [2.75, 3.05) is 6.61 Å². The second-order valence-corrected chi connectivity index (χ2v) is 5.88. The van der Waals surface area contributed by atoms with Gasteiger partial charge in [0.2, 0.25) is 0 Å². The van der Waals surface area contributed by atoms with Crippen LogP contribution in [0.4, 0.5) is 0 Å². The van der Waals surface area contributed by atoms with E-state index in [9.17, 15) is 20.4 Å². The van der Waals surface area contributed by atoms with Crippen LogP contribution in [0.15, 0.2) is 0 Å². The lowest BCUT2D eigenvalue weighted by Crippen LogP contribution is -2.60. The monoisotopic (exact) mass is 290 g/mol. The first kappa shape index (κ1) is 17.9. The van der Waals surface area contributed by atoms with Crippen LogP contribution in [0.25, 0.3) is 0 Å². The van der Waals surface area contributed by atoms with Crippen molar-refractivity contribution in [1.82, 2.24) is 0 Å². The highest BCUT2D eigenvalue weighted by molar-refractivity contribution is 4.91. The second-order valence-electron chi connectivity index (χ2n) is 5.88. The van der Waals surface area contributed by atoms with Crippen LogP contribution in [-0.4, -0.2) is 51.1 Å². The molecule has 1 aliphatic heterocycles. The van der Waals surface area contributed by atoms with Crippen LogP contribution >= 0.6 is 0 Å². The van der Waals surface area contributed by atoms with Gasteiger partial charge in [0.25, 0.3) is 0 Å². The fourth-order valence-electron chi connectivity index (χ4n) is 2.62. The van der Waals surface area contributed by atoms with Gasteiger partial charge in [-0.15, -0.1) is 0 Å². The molecule has 0 saturated carbocycles.